The average Bonchev–Trinajstić information content (AvgIpc) is 3.13. The highest BCUT2D eigenvalue weighted by Crippen LogP contribution is 2.24. The third kappa shape index (κ3) is 8.63. The van der Waals surface area contributed by atoms with Crippen LogP contribution in [0.3, 0.4) is 0 Å². The molecule has 1 aromatic carbocycles. The molecule has 6 heteroatoms. The molecule has 1 aliphatic rings. The lowest BCUT2D eigenvalue weighted by molar-refractivity contribution is -0.121. The van der Waals surface area contributed by atoms with Gasteiger partial charge in [0.2, 0.25) is 5.91 Å². The molecule has 0 aromatic heterocycles. The number of aliphatic imine (C=N–C) groups is 1. The van der Waals surface area contributed by atoms with E-state index in [2.05, 4.69) is 45.2 Å². The lowest BCUT2D eigenvalue weighted by Crippen LogP contribution is -2.43. The van der Waals surface area contributed by atoms with Crippen LogP contribution in [0, 0.1) is 0 Å². The molecule has 1 fully saturated rings. The van der Waals surface area contributed by atoms with Crippen molar-refractivity contribution in [1.29, 1.82) is 0 Å². The Balaban J connectivity index is 1.76. The van der Waals surface area contributed by atoms with Gasteiger partial charge in [-0.2, -0.15) is 0 Å². The van der Waals surface area contributed by atoms with Gasteiger partial charge in [0.05, 0.1) is 6.10 Å². The number of hydrogen-bond donors (Lipinski definition) is 3. The highest BCUT2D eigenvalue weighted by molar-refractivity contribution is 5.85. The minimum absolute atomic E-state index is 0.0810. The van der Waals surface area contributed by atoms with Crippen molar-refractivity contribution in [3.63, 3.8) is 0 Å². The molecule has 1 amide bonds. The molecule has 0 heterocycles. The Bertz CT molecular complexity index is 629. The van der Waals surface area contributed by atoms with Crippen LogP contribution in [0.15, 0.2) is 29.3 Å². The number of ether oxygens (including phenoxy) is 1. The second kappa shape index (κ2) is 10.9. The summed E-state index contributed by atoms with van der Waals surface area (Å²) >= 11 is 0. The third-order valence-electron chi connectivity index (χ3n) is 4.47. The summed E-state index contributed by atoms with van der Waals surface area (Å²) in [5.74, 6) is 1.54. The monoisotopic (exact) mass is 388 g/mol. The number of hydrogen-bond acceptors (Lipinski definition) is 3. The number of guanidine groups is 1. The van der Waals surface area contributed by atoms with E-state index in [1.54, 1.807) is 0 Å². The van der Waals surface area contributed by atoms with E-state index in [9.17, 15) is 4.79 Å². The first-order valence-electron chi connectivity index (χ1n) is 10.4. The molecule has 28 heavy (non-hydrogen) atoms. The van der Waals surface area contributed by atoms with Crippen molar-refractivity contribution in [3.8, 4) is 5.75 Å². The van der Waals surface area contributed by atoms with E-state index in [-0.39, 0.29) is 18.0 Å². The standard InChI is InChI=1S/C22H36N4O2/c1-5-23-21(25-16-20(27)26-22(2,3)4)24-15-14-17-10-12-19(13-11-17)28-18-8-6-7-9-18/h10-13,18H,5-9,14-16H2,1-4H3,(H,26,27)(H2,23,24,25). The summed E-state index contributed by atoms with van der Waals surface area (Å²) < 4.78 is 6.01. The lowest BCUT2D eigenvalue weighted by atomic mass is 10.1. The summed E-state index contributed by atoms with van der Waals surface area (Å²) in [6.45, 7) is 9.50. The average molecular weight is 389 g/mol. The van der Waals surface area contributed by atoms with Crippen molar-refractivity contribution in [2.75, 3.05) is 19.6 Å². The van der Waals surface area contributed by atoms with Crippen LogP contribution in [0.1, 0.15) is 58.9 Å². The molecule has 0 spiro atoms. The Morgan fingerprint density at radius 1 is 1.14 bits per heavy atom. The minimum atomic E-state index is -0.244. The quantitative estimate of drug-likeness (QED) is 0.473. The fraction of sp³-hybridized carbons (Fsp3) is 0.636. The van der Waals surface area contributed by atoms with E-state index in [1.807, 2.05) is 27.7 Å². The summed E-state index contributed by atoms with van der Waals surface area (Å²) in [6.07, 6.45) is 6.17. The van der Waals surface area contributed by atoms with Gasteiger partial charge < -0.3 is 20.7 Å². The molecule has 0 aliphatic heterocycles. The van der Waals surface area contributed by atoms with Gasteiger partial charge in [-0.25, -0.2) is 4.99 Å². The molecule has 1 saturated carbocycles. The second-order valence-electron chi connectivity index (χ2n) is 8.34. The molecule has 0 radical (unpaired) electrons. The van der Waals surface area contributed by atoms with Crippen LogP contribution in [0.25, 0.3) is 0 Å². The zero-order valence-electron chi connectivity index (χ0n) is 17.8. The normalized spacial score (nSPS) is 15.4. The fourth-order valence-electron chi connectivity index (χ4n) is 3.21. The molecule has 0 unspecified atom stereocenters. The van der Waals surface area contributed by atoms with E-state index in [1.165, 1.54) is 31.2 Å². The van der Waals surface area contributed by atoms with Crippen molar-refractivity contribution in [2.45, 2.75) is 71.4 Å². The maximum Gasteiger partial charge on any atom is 0.242 e. The lowest BCUT2D eigenvalue weighted by Gasteiger charge is -2.20. The second-order valence-corrected chi connectivity index (χ2v) is 8.34. The van der Waals surface area contributed by atoms with Crippen molar-refractivity contribution < 1.29 is 9.53 Å². The van der Waals surface area contributed by atoms with Gasteiger partial charge in [0, 0.05) is 18.6 Å². The molecular formula is C22H36N4O2. The Labute approximate surface area is 169 Å². The highest BCUT2D eigenvalue weighted by atomic mass is 16.5. The number of nitrogens with one attached hydrogen (secondary N) is 3. The van der Waals surface area contributed by atoms with Crippen LogP contribution in [-0.4, -0.2) is 43.1 Å². The van der Waals surface area contributed by atoms with Gasteiger partial charge >= 0.3 is 0 Å². The highest BCUT2D eigenvalue weighted by Gasteiger charge is 2.16. The molecule has 6 nitrogen and oxygen atoms in total. The number of carbonyl (C=O) groups excluding carboxylic acids is 1. The Morgan fingerprint density at radius 2 is 1.82 bits per heavy atom. The molecule has 3 N–H and O–H groups in total. The predicted molar refractivity (Wildman–Crippen MR) is 115 cm³/mol. The molecular weight excluding hydrogens is 352 g/mol. The third-order valence-corrected chi connectivity index (χ3v) is 4.47. The number of benzene rings is 1. The van der Waals surface area contributed by atoms with Crippen molar-refractivity contribution in [3.05, 3.63) is 29.8 Å². The maximum atomic E-state index is 11.9. The molecule has 2 rings (SSSR count). The van der Waals surface area contributed by atoms with E-state index >= 15 is 0 Å². The van der Waals surface area contributed by atoms with Gasteiger partial charge in [-0.05, 0) is 77.5 Å². The summed E-state index contributed by atoms with van der Waals surface area (Å²) in [5.41, 5.74) is 0.999. The molecule has 0 bridgehead atoms. The first-order valence-corrected chi connectivity index (χ1v) is 10.4. The van der Waals surface area contributed by atoms with Gasteiger partial charge in [0.25, 0.3) is 0 Å². The number of carbonyl (C=O) groups is 1. The topological polar surface area (TPSA) is 74.8 Å². The summed E-state index contributed by atoms with van der Waals surface area (Å²) in [7, 11) is 0. The van der Waals surface area contributed by atoms with Gasteiger partial charge in [-0.15, -0.1) is 0 Å². The molecule has 0 saturated heterocycles. The molecule has 0 atom stereocenters. The number of nitrogens with zero attached hydrogens (tertiary/aromatic N) is 1. The van der Waals surface area contributed by atoms with Crippen LogP contribution in [0.5, 0.6) is 5.75 Å². The summed E-state index contributed by atoms with van der Waals surface area (Å²) in [6, 6.07) is 8.35. The maximum absolute atomic E-state index is 11.9. The molecule has 1 aliphatic carbocycles. The van der Waals surface area contributed by atoms with Crippen molar-refractivity contribution >= 4 is 11.9 Å². The SMILES string of the molecule is CCNC(=NCC(=O)NC(C)(C)C)NCCc1ccc(OC2CCCC2)cc1. The van der Waals surface area contributed by atoms with Crippen molar-refractivity contribution in [2.24, 2.45) is 4.99 Å². The minimum Gasteiger partial charge on any atom is -0.490 e. The van der Waals surface area contributed by atoms with Gasteiger partial charge in [0.15, 0.2) is 5.96 Å². The van der Waals surface area contributed by atoms with E-state index in [4.69, 9.17) is 4.74 Å². The van der Waals surface area contributed by atoms with Crippen LogP contribution >= 0.6 is 0 Å². The van der Waals surface area contributed by atoms with Crippen LogP contribution in [0.2, 0.25) is 0 Å². The Kier molecular flexibility index (Phi) is 8.61. The fourth-order valence-corrected chi connectivity index (χ4v) is 3.21. The number of rotatable bonds is 8. The number of amides is 1. The first-order chi connectivity index (χ1) is 13.4. The smallest absolute Gasteiger partial charge is 0.242 e. The van der Waals surface area contributed by atoms with E-state index in [0.717, 1.165) is 25.3 Å². The van der Waals surface area contributed by atoms with Gasteiger partial charge in [-0.3, -0.25) is 4.79 Å². The van der Waals surface area contributed by atoms with E-state index < -0.39 is 0 Å². The van der Waals surface area contributed by atoms with Gasteiger partial charge in [0.1, 0.15) is 12.3 Å². The van der Waals surface area contributed by atoms with Crippen LogP contribution in [-0.2, 0) is 11.2 Å². The molecule has 156 valence electrons. The zero-order valence-corrected chi connectivity index (χ0v) is 17.8. The zero-order chi connectivity index (χ0) is 20.4. The Morgan fingerprint density at radius 3 is 2.43 bits per heavy atom. The predicted octanol–water partition coefficient (Wildman–Crippen LogP) is 3.02. The van der Waals surface area contributed by atoms with Crippen LogP contribution < -0.4 is 20.7 Å². The summed E-state index contributed by atoms with van der Waals surface area (Å²) in [5, 5.41) is 9.38. The molecule has 1 aromatic rings. The summed E-state index contributed by atoms with van der Waals surface area (Å²) in [4.78, 5) is 16.3. The van der Waals surface area contributed by atoms with Crippen LogP contribution in [0.4, 0.5) is 0 Å². The largest absolute Gasteiger partial charge is 0.490 e. The first kappa shape index (κ1) is 22.1. The van der Waals surface area contributed by atoms with E-state index in [0.29, 0.717) is 12.1 Å². The Hall–Kier alpha value is -2.24. The van der Waals surface area contributed by atoms with Gasteiger partial charge in [-0.1, -0.05) is 12.1 Å². The van der Waals surface area contributed by atoms with Crippen molar-refractivity contribution in [1.82, 2.24) is 16.0 Å².